The summed E-state index contributed by atoms with van der Waals surface area (Å²) >= 11 is 0. The van der Waals surface area contributed by atoms with Gasteiger partial charge in [-0.25, -0.2) is 0 Å². The molecule has 0 aromatic rings. The Bertz CT molecular complexity index is 281. The molecule has 0 saturated heterocycles. The second kappa shape index (κ2) is 12.5. The Morgan fingerprint density at radius 1 is 1.24 bits per heavy atom. The highest BCUT2D eigenvalue weighted by Gasteiger charge is 2.20. The van der Waals surface area contributed by atoms with E-state index in [0.29, 0.717) is 5.92 Å². The second-order valence-electron chi connectivity index (χ2n) is 6.38. The summed E-state index contributed by atoms with van der Waals surface area (Å²) in [6.45, 7) is 12.1. The Morgan fingerprint density at radius 2 is 1.86 bits per heavy atom. The maximum Gasteiger partial charge on any atom is 0.191 e. The van der Waals surface area contributed by atoms with Crippen molar-refractivity contribution in [3.8, 4) is 0 Å². The van der Waals surface area contributed by atoms with Gasteiger partial charge >= 0.3 is 0 Å². The first-order valence-corrected chi connectivity index (χ1v) is 7.49. The van der Waals surface area contributed by atoms with E-state index >= 15 is 0 Å². The van der Waals surface area contributed by atoms with Gasteiger partial charge < -0.3 is 20.3 Å². The average Bonchev–Trinajstić information content (AvgIpc) is 2.36. The van der Waals surface area contributed by atoms with Gasteiger partial charge in [0.25, 0.3) is 0 Å². The monoisotopic (exact) mass is 414 g/mol. The lowest BCUT2D eigenvalue weighted by Crippen LogP contribution is -2.51. The summed E-state index contributed by atoms with van der Waals surface area (Å²) in [5, 5.41) is 6.67. The molecule has 0 amide bonds. The van der Waals surface area contributed by atoms with E-state index in [4.69, 9.17) is 4.74 Å². The number of rotatable bonds is 9. The minimum Gasteiger partial charge on any atom is -0.381 e. The van der Waals surface area contributed by atoms with Gasteiger partial charge in [-0.2, -0.15) is 0 Å². The number of nitrogens with zero attached hydrogens (tertiary/aromatic N) is 2. The topological polar surface area (TPSA) is 48.9 Å². The first kappa shape index (κ1) is 23.2. The third-order valence-electron chi connectivity index (χ3n) is 3.33. The molecule has 0 spiro atoms. The van der Waals surface area contributed by atoms with E-state index in [1.54, 1.807) is 7.05 Å². The highest BCUT2D eigenvalue weighted by Crippen LogP contribution is 2.07. The molecule has 0 aromatic carbocycles. The molecular weight excluding hydrogens is 379 g/mol. The van der Waals surface area contributed by atoms with Crippen molar-refractivity contribution in [2.24, 2.45) is 10.9 Å². The maximum absolute atomic E-state index is 5.55. The number of hydrogen-bond donors (Lipinski definition) is 2. The largest absolute Gasteiger partial charge is 0.381 e. The summed E-state index contributed by atoms with van der Waals surface area (Å²) in [4.78, 5) is 6.43. The van der Waals surface area contributed by atoms with Crippen LogP contribution < -0.4 is 10.6 Å². The molecule has 0 fully saturated rings. The van der Waals surface area contributed by atoms with E-state index in [0.717, 1.165) is 38.7 Å². The van der Waals surface area contributed by atoms with Gasteiger partial charge in [0.15, 0.2) is 5.96 Å². The van der Waals surface area contributed by atoms with Crippen molar-refractivity contribution in [2.75, 3.05) is 47.4 Å². The Morgan fingerprint density at radius 3 is 2.33 bits per heavy atom. The van der Waals surface area contributed by atoms with Crippen molar-refractivity contribution in [3.05, 3.63) is 0 Å². The molecule has 0 aliphatic heterocycles. The van der Waals surface area contributed by atoms with Gasteiger partial charge in [0.05, 0.1) is 0 Å². The molecule has 21 heavy (non-hydrogen) atoms. The van der Waals surface area contributed by atoms with E-state index in [9.17, 15) is 0 Å². The third kappa shape index (κ3) is 12.2. The Hall–Kier alpha value is -0.0800. The predicted molar refractivity (Wildman–Crippen MR) is 103 cm³/mol. The summed E-state index contributed by atoms with van der Waals surface area (Å²) in [5.41, 5.74) is 0.0952. The number of nitrogens with one attached hydrogen (secondary N) is 2. The third-order valence-corrected chi connectivity index (χ3v) is 3.33. The number of aliphatic imine (C=N–C) groups is 1. The highest BCUT2D eigenvalue weighted by atomic mass is 127. The molecule has 0 bridgehead atoms. The SMILES string of the molecule is CN=C(NCCCOCC(C)C)NCC(C)(C)N(C)C.I. The van der Waals surface area contributed by atoms with Gasteiger partial charge in [0.1, 0.15) is 0 Å². The summed E-state index contributed by atoms with van der Waals surface area (Å²) < 4.78 is 5.55. The number of halogens is 1. The van der Waals surface area contributed by atoms with E-state index in [1.807, 2.05) is 0 Å². The molecule has 0 aromatic heterocycles. The van der Waals surface area contributed by atoms with Crippen LogP contribution in [0.3, 0.4) is 0 Å². The highest BCUT2D eigenvalue weighted by molar-refractivity contribution is 14.0. The van der Waals surface area contributed by atoms with Crippen LogP contribution in [0.2, 0.25) is 0 Å². The second-order valence-corrected chi connectivity index (χ2v) is 6.38. The van der Waals surface area contributed by atoms with Crippen LogP contribution in [0.25, 0.3) is 0 Å². The molecule has 0 saturated carbocycles. The molecule has 2 N–H and O–H groups in total. The molecule has 6 heteroatoms. The molecule has 0 radical (unpaired) electrons. The molecule has 0 atom stereocenters. The minimum atomic E-state index is 0. The molecule has 0 heterocycles. The predicted octanol–water partition coefficient (Wildman–Crippen LogP) is 2.17. The molecule has 5 nitrogen and oxygen atoms in total. The van der Waals surface area contributed by atoms with Gasteiger partial charge in [-0.3, -0.25) is 4.99 Å². The number of likely N-dealkylation sites (N-methyl/N-ethyl adjacent to an activating group) is 1. The average molecular weight is 414 g/mol. The first-order valence-electron chi connectivity index (χ1n) is 7.49. The minimum absolute atomic E-state index is 0. The van der Waals surface area contributed by atoms with Gasteiger partial charge in [-0.15, -0.1) is 24.0 Å². The zero-order valence-electron chi connectivity index (χ0n) is 14.8. The van der Waals surface area contributed by atoms with E-state index in [-0.39, 0.29) is 29.5 Å². The summed E-state index contributed by atoms with van der Waals surface area (Å²) in [7, 11) is 5.97. The van der Waals surface area contributed by atoms with Crippen LogP contribution in [-0.2, 0) is 4.74 Å². The van der Waals surface area contributed by atoms with Crippen LogP contribution in [0.15, 0.2) is 4.99 Å². The fourth-order valence-electron chi connectivity index (χ4n) is 1.38. The maximum atomic E-state index is 5.55. The molecular formula is C15H35IN4O. The zero-order chi connectivity index (χ0) is 15.6. The number of guanidine groups is 1. The Kier molecular flexibility index (Phi) is 13.8. The molecule has 0 rings (SSSR count). The molecule has 0 aliphatic rings. The molecule has 0 aliphatic carbocycles. The fourth-order valence-corrected chi connectivity index (χ4v) is 1.38. The summed E-state index contributed by atoms with van der Waals surface area (Å²) in [5.74, 6) is 1.45. The fraction of sp³-hybridized carbons (Fsp3) is 0.933. The van der Waals surface area contributed by atoms with Gasteiger partial charge in [-0.1, -0.05) is 13.8 Å². The van der Waals surface area contributed by atoms with E-state index in [1.165, 1.54) is 0 Å². The van der Waals surface area contributed by atoms with Crippen LogP contribution in [0, 0.1) is 5.92 Å². The van der Waals surface area contributed by atoms with Gasteiger partial charge in [0, 0.05) is 38.9 Å². The number of ether oxygens (including phenoxy) is 1. The van der Waals surface area contributed by atoms with Crippen LogP contribution in [-0.4, -0.2) is 63.8 Å². The lowest BCUT2D eigenvalue weighted by molar-refractivity contribution is 0.108. The Labute approximate surface area is 148 Å². The first-order chi connectivity index (χ1) is 9.29. The van der Waals surface area contributed by atoms with Crippen LogP contribution in [0.4, 0.5) is 0 Å². The van der Waals surface area contributed by atoms with Gasteiger partial charge in [0.2, 0.25) is 0 Å². The smallest absolute Gasteiger partial charge is 0.191 e. The summed E-state index contributed by atoms with van der Waals surface area (Å²) in [6.07, 6.45) is 0.991. The lowest BCUT2D eigenvalue weighted by Gasteiger charge is -2.33. The van der Waals surface area contributed by atoms with Crippen LogP contribution >= 0.6 is 24.0 Å². The Balaban J connectivity index is 0. The molecule has 128 valence electrons. The molecule has 0 unspecified atom stereocenters. The van der Waals surface area contributed by atoms with E-state index < -0.39 is 0 Å². The van der Waals surface area contributed by atoms with Crippen molar-refractivity contribution < 1.29 is 4.74 Å². The summed E-state index contributed by atoms with van der Waals surface area (Å²) in [6, 6.07) is 0. The van der Waals surface area contributed by atoms with Crippen molar-refractivity contribution in [1.82, 2.24) is 15.5 Å². The lowest BCUT2D eigenvalue weighted by atomic mass is 10.0. The van der Waals surface area contributed by atoms with Crippen molar-refractivity contribution in [2.45, 2.75) is 39.7 Å². The zero-order valence-corrected chi connectivity index (χ0v) is 17.2. The van der Waals surface area contributed by atoms with Gasteiger partial charge in [-0.05, 0) is 40.3 Å². The van der Waals surface area contributed by atoms with Crippen LogP contribution in [0.5, 0.6) is 0 Å². The van der Waals surface area contributed by atoms with Crippen molar-refractivity contribution in [3.63, 3.8) is 0 Å². The quantitative estimate of drug-likeness (QED) is 0.263. The van der Waals surface area contributed by atoms with E-state index in [2.05, 4.69) is 62.3 Å². The number of hydrogen-bond acceptors (Lipinski definition) is 3. The van der Waals surface area contributed by atoms with Crippen molar-refractivity contribution >= 4 is 29.9 Å². The van der Waals surface area contributed by atoms with Crippen LogP contribution in [0.1, 0.15) is 34.1 Å². The standard InChI is InChI=1S/C15H34N4O.HI/c1-13(2)11-20-10-8-9-17-14(16-5)18-12-15(3,4)19(6)7;/h13H,8-12H2,1-7H3,(H2,16,17,18);1H. The normalized spacial score (nSPS) is 12.5. The van der Waals surface area contributed by atoms with Crippen molar-refractivity contribution in [1.29, 1.82) is 0 Å².